The van der Waals surface area contributed by atoms with Crippen molar-refractivity contribution in [3.63, 3.8) is 0 Å². The van der Waals surface area contributed by atoms with Gasteiger partial charge in [0, 0.05) is 10.7 Å². The number of hydrogen-bond acceptors (Lipinski definition) is 3. The minimum absolute atomic E-state index is 0.0590. The monoisotopic (exact) mass is 316 g/mol. The van der Waals surface area contributed by atoms with E-state index in [-0.39, 0.29) is 9.92 Å². The Morgan fingerprint density at radius 3 is 2.32 bits per heavy atom. The molecule has 19 heavy (non-hydrogen) atoms. The normalized spacial score (nSPS) is 11.3. The van der Waals surface area contributed by atoms with Crippen LogP contribution in [-0.2, 0) is 9.05 Å². The average molecular weight is 317 g/mol. The first kappa shape index (κ1) is 14.2. The number of hydrogen-bond donors (Lipinski definition) is 0. The van der Waals surface area contributed by atoms with E-state index in [2.05, 4.69) is 0 Å². The Morgan fingerprint density at radius 1 is 1.05 bits per heavy atom. The molecule has 6 heteroatoms. The van der Waals surface area contributed by atoms with Gasteiger partial charge in [-0.1, -0.05) is 29.8 Å². The van der Waals surface area contributed by atoms with Crippen molar-refractivity contribution in [2.75, 3.05) is 0 Å². The number of aryl methyl sites for hydroxylation is 1. The highest BCUT2D eigenvalue weighted by molar-refractivity contribution is 8.13. The van der Waals surface area contributed by atoms with Crippen molar-refractivity contribution in [1.29, 1.82) is 0 Å². The lowest BCUT2D eigenvalue weighted by Crippen LogP contribution is -1.92. The Bertz CT molecular complexity index is 712. The molecule has 100 valence electrons. The van der Waals surface area contributed by atoms with Gasteiger partial charge in [-0.25, -0.2) is 8.42 Å². The maximum absolute atomic E-state index is 11.2. The third-order valence-electron chi connectivity index (χ3n) is 2.50. The van der Waals surface area contributed by atoms with Crippen LogP contribution < -0.4 is 4.74 Å². The molecule has 0 saturated heterocycles. The number of para-hydroxylation sites is 1. The van der Waals surface area contributed by atoms with Crippen molar-refractivity contribution in [3.05, 3.63) is 53.1 Å². The maximum Gasteiger partial charge on any atom is 0.261 e. The van der Waals surface area contributed by atoms with Gasteiger partial charge in [-0.15, -0.1) is 0 Å². The Balaban J connectivity index is 2.36. The molecule has 2 aromatic rings. The van der Waals surface area contributed by atoms with Crippen LogP contribution in [0.1, 0.15) is 5.56 Å². The molecule has 0 N–H and O–H groups in total. The van der Waals surface area contributed by atoms with Crippen LogP contribution in [0, 0.1) is 6.92 Å². The van der Waals surface area contributed by atoms with E-state index in [9.17, 15) is 8.42 Å². The van der Waals surface area contributed by atoms with Crippen LogP contribution in [0.15, 0.2) is 47.4 Å². The van der Waals surface area contributed by atoms with Crippen LogP contribution in [0.5, 0.6) is 11.5 Å². The lowest BCUT2D eigenvalue weighted by Gasteiger charge is -2.10. The number of rotatable bonds is 3. The number of ether oxygens (including phenoxy) is 1. The fourth-order valence-corrected chi connectivity index (χ4v) is 2.57. The van der Waals surface area contributed by atoms with Gasteiger partial charge in [0.25, 0.3) is 9.05 Å². The zero-order chi connectivity index (χ0) is 14.0. The summed E-state index contributed by atoms with van der Waals surface area (Å²) in [5.41, 5.74) is 0.951. The van der Waals surface area contributed by atoms with Gasteiger partial charge in [-0.2, -0.15) is 0 Å². The maximum atomic E-state index is 11.2. The van der Waals surface area contributed by atoms with Gasteiger partial charge in [-0.05, 0) is 36.8 Å². The van der Waals surface area contributed by atoms with Crippen molar-refractivity contribution in [2.45, 2.75) is 11.8 Å². The van der Waals surface area contributed by atoms with Crippen LogP contribution in [0.3, 0.4) is 0 Å². The summed E-state index contributed by atoms with van der Waals surface area (Å²) >= 11 is 5.99. The van der Waals surface area contributed by atoms with Crippen LogP contribution in [-0.4, -0.2) is 8.42 Å². The van der Waals surface area contributed by atoms with Crippen LogP contribution in [0.25, 0.3) is 0 Å². The van der Waals surface area contributed by atoms with Gasteiger partial charge in [0.05, 0.1) is 9.92 Å². The summed E-state index contributed by atoms with van der Waals surface area (Å²) in [5, 5.41) is 0.185. The molecule has 2 aromatic carbocycles. The van der Waals surface area contributed by atoms with E-state index in [1.54, 1.807) is 6.07 Å². The summed E-state index contributed by atoms with van der Waals surface area (Å²) in [4.78, 5) is -0.0590. The predicted molar refractivity (Wildman–Crippen MR) is 75.7 cm³/mol. The van der Waals surface area contributed by atoms with Crippen molar-refractivity contribution in [1.82, 2.24) is 0 Å². The second-order valence-corrected chi connectivity index (χ2v) is 6.87. The molecule has 0 heterocycles. The second-order valence-electron chi connectivity index (χ2n) is 3.90. The second kappa shape index (κ2) is 5.41. The minimum atomic E-state index is -3.79. The third kappa shape index (κ3) is 3.41. The predicted octanol–water partition coefficient (Wildman–Crippen LogP) is 4.37. The van der Waals surface area contributed by atoms with E-state index in [0.717, 1.165) is 5.56 Å². The quantitative estimate of drug-likeness (QED) is 0.790. The summed E-state index contributed by atoms with van der Waals surface area (Å²) in [7, 11) is 1.45. The van der Waals surface area contributed by atoms with E-state index < -0.39 is 9.05 Å². The fourth-order valence-electron chi connectivity index (χ4n) is 1.51. The molecule has 3 nitrogen and oxygen atoms in total. The fraction of sp³-hybridized carbons (Fsp3) is 0.0769. The van der Waals surface area contributed by atoms with Gasteiger partial charge < -0.3 is 4.74 Å². The van der Waals surface area contributed by atoms with Crippen molar-refractivity contribution < 1.29 is 13.2 Å². The summed E-state index contributed by atoms with van der Waals surface area (Å²) in [6.07, 6.45) is 0. The molecule has 0 spiro atoms. The van der Waals surface area contributed by atoms with E-state index >= 15 is 0 Å². The van der Waals surface area contributed by atoms with Crippen LogP contribution in [0.4, 0.5) is 0 Å². The first-order valence-corrected chi connectivity index (χ1v) is 8.04. The Labute approximate surface area is 121 Å². The van der Waals surface area contributed by atoms with Crippen LogP contribution in [0.2, 0.25) is 5.02 Å². The first-order chi connectivity index (χ1) is 8.88. The zero-order valence-corrected chi connectivity index (χ0v) is 12.3. The molecular weight excluding hydrogens is 307 g/mol. The molecule has 0 aliphatic heterocycles. The number of halogens is 2. The average Bonchev–Trinajstić information content (AvgIpc) is 2.33. The lowest BCUT2D eigenvalue weighted by atomic mass is 10.2. The van der Waals surface area contributed by atoms with Gasteiger partial charge in [-0.3, -0.25) is 0 Å². The highest BCUT2D eigenvalue weighted by atomic mass is 35.7. The molecule has 0 fully saturated rings. The molecule has 0 aromatic heterocycles. The summed E-state index contributed by atoms with van der Waals surface area (Å²) in [6.45, 7) is 1.90. The zero-order valence-electron chi connectivity index (χ0n) is 9.93. The van der Waals surface area contributed by atoms with E-state index in [4.69, 9.17) is 27.0 Å². The summed E-state index contributed by atoms with van der Waals surface area (Å²) in [5.74, 6) is 1.03. The van der Waals surface area contributed by atoms with Gasteiger partial charge in [0.2, 0.25) is 0 Å². The van der Waals surface area contributed by atoms with E-state index in [1.807, 2.05) is 25.1 Å². The van der Waals surface area contributed by atoms with Crippen molar-refractivity contribution in [2.24, 2.45) is 0 Å². The summed E-state index contributed by atoms with van der Waals surface area (Å²) in [6, 6.07) is 11.5. The highest BCUT2D eigenvalue weighted by Gasteiger charge is 2.13. The molecule has 0 saturated carbocycles. The highest BCUT2D eigenvalue weighted by Crippen LogP contribution is 2.33. The topological polar surface area (TPSA) is 43.4 Å². The molecule has 0 bridgehead atoms. The van der Waals surface area contributed by atoms with Crippen molar-refractivity contribution >= 4 is 31.3 Å². The molecule has 0 atom stereocenters. The van der Waals surface area contributed by atoms with Gasteiger partial charge >= 0.3 is 0 Å². The van der Waals surface area contributed by atoms with Crippen LogP contribution >= 0.6 is 22.3 Å². The molecule has 0 unspecified atom stereocenters. The molecule has 2 rings (SSSR count). The van der Waals surface area contributed by atoms with E-state index in [1.165, 1.54) is 18.2 Å². The SMILES string of the molecule is Cc1ccccc1Oc1ccc(S(=O)(=O)Cl)cc1Cl. The largest absolute Gasteiger partial charge is 0.456 e. The third-order valence-corrected chi connectivity index (χ3v) is 4.15. The molecule has 0 aliphatic rings. The Hall–Kier alpha value is -1.23. The lowest BCUT2D eigenvalue weighted by molar-refractivity contribution is 0.478. The molecule has 0 amide bonds. The minimum Gasteiger partial charge on any atom is -0.456 e. The van der Waals surface area contributed by atoms with Gasteiger partial charge in [0.1, 0.15) is 11.5 Å². The summed E-state index contributed by atoms with van der Waals surface area (Å²) < 4.78 is 28.0. The smallest absolute Gasteiger partial charge is 0.261 e. The van der Waals surface area contributed by atoms with Crippen molar-refractivity contribution in [3.8, 4) is 11.5 Å². The molecule has 0 radical (unpaired) electrons. The van der Waals surface area contributed by atoms with Gasteiger partial charge in [0.15, 0.2) is 0 Å². The Kier molecular flexibility index (Phi) is 4.04. The standard InChI is InChI=1S/C13H10Cl2O3S/c1-9-4-2-3-5-12(9)18-13-7-6-10(8-11(13)14)19(15,16)17/h2-8H,1H3. The number of benzene rings is 2. The molecule has 0 aliphatic carbocycles. The first-order valence-electron chi connectivity index (χ1n) is 5.35. The molecular formula is C13H10Cl2O3S. The Morgan fingerprint density at radius 2 is 1.74 bits per heavy atom. The van der Waals surface area contributed by atoms with E-state index in [0.29, 0.717) is 11.5 Å².